The van der Waals surface area contributed by atoms with E-state index in [0.29, 0.717) is 18.8 Å². The Bertz CT molecular complexity index is 779. The van der Waals surface area contributed by atoms with Crippen LogP contribution in [0.1, 0.15) is 32.3 Å². The van der Waals surface area contributed by atoms with Gasteiger partial charge in [0.25, 0.3) is 0 Å². The SMILES string of the molecule is COC[C@@H]1CN(C(=O)OC(C)(C)C)c2cc3ccccc3c(O)c21. The van der Waals surface area contributed by atoms with Crippen LogP contribution < -0.4 is 4.90 Å². The molecule has 1 aliphatic heterocycles. The third kappa shape index (κ3) is 2.91. The monoisotopic (exact) mass is 329 g/mol. The predicted octanol–water partition coefficient (Wildman–Crippen LogP) is 4.03. The highest BCUT2D eigenvalue weighted by molar-refractivity contribution is 6.00. The minimum Gasteiger partial charge on any atom is -0.507 e. The van der Waals surface area contributed by atoms with Crippen molar-refractivity contribution >= 4 is 22.6 Å². The average molecular weight is 329 g/mol. The second-order valence-electron chi connectivity index (χ2n) is 7.12. The molecule has 3 rings (SSSR count). The van der Waals surface area contributed by atoms with Crippen molar-refractivity contribution in [2.45, 2.75) is 32.3 Å². The van der Waals surface area contributed by atoms with E-state index < -0.39 is 11.7 Å². The molecule has 2 aromatic carbocycles. The van der Waals surface area contributed by atoms with Crippen LogP contribution in [-0.2, 0) is 9.47 Å². The molecule has 1 amide bonds. The molecular formula is C19H23NO4. The van der Waals surface area contributed by atoms with E-state index in [0.717, 1.165) is 16.3 Å². The van der Waals surface area contributed by atoms with Gasteiger partial charge in [-0.2, -0.15) is 0 Å². The van der Waals surface area contributed by atoms with Gasteiger partial charge in [0.2, 0.25) is 0 Å². The number of phenols is 1. The van der Waals surface area contributed by atoms with Crippen molar-refractivity contribution in [2.75, 3.05) is 25.2 Å². The zero-order chi connectivity index (χ0) is 17.5. The number of nitrogens with zero attached hydrogens (tertiary/aromatic N) is 1. The predicted molar refractivity (Wildman–Crippen MR) is 93.8 cm³/mol. The van der Waals surface area contributed by atoms with Crippen molar-refractivity contribution in [3.05, 3.63) is 35.9 Å². The number of phenolic OH excluding ortho intramolecular Hbond substituents is 1. The van der Waals surface area contributed by atoms with Crippen LogP contribution >= 0.6 is 0 Å². The summed E-state index contributed by atoms with van der Waals surface area (Å²) in [6.45, 7) is 6.38. The first kappa shape index (κ1) is 16.6. The van der Waals surface area contributed by atoms with Crippen LogP contribution in [0.4, 0.5) is 10.5 Å². The summed E-state index contributed by atoms with van der Waals surface area (Å²) >= 11 is 0. The number of carbonyl (C=O) groups excluding carboxylic acids is 1. The van der Waals surface area contributed by atoms with E-state index in [2.05, 4.69) is 0 Å². The van der Waals surface area contributed by atoms with E-state index in [4.69, 9.17) is 9.47 Å². The van der Waals surface area contributed by atoms with E-state index in [1.54, 1.807) is 12.0 Å². The number of benzene rings is 2. The van der Waals surface area contributed by atoms with Crippen LogP contribution in [0.3, 0.4) is 0 Å². The van der Waals surface area contributed by atoms with Gasteiger partial charge in [-0.05, 0) is 32.2 Å². The number of hydrogen-bond donors (Lipinski definition) is 1. The number of aromatic hydroxyl groups is 1. The molecule has 0 aromatic heterocycles. The van der Waals surface area contributed by atoms with E-state index in [9.17, 15) is 9.90 Å². The van der Waals surface area contributed by atoms with Gasteiger partial charge >= 0.3 is 6.09 Å². The van der Waals surface area contributed by atoms with Gasteiger partial charge in [0.1, 0.15) is 11.4 Å². The zero-order valence-corrected chi connectivity index (χ0v) is 14.5. The summed E-state index contributed by atoms with van der Waals surface area (Å²) in [6, 6.07) is 9.54. The molecule has 0 bridgehead atoms. The van der Waals surface area contributed by atoms with Gasteiger partial charge in [0.05, 0.1) is 12.3 Å². The Balaban J connectivity index is 2.10. The summed E-state index contributed by atoms with van der Waals surface area (Å²) in [6.07, 6.45) is -0.406. The number of hydrogen-bond acceptors (Lipinski definition) is 4. The summed E-state index contributed by atoms with van der Waals surface area (Å²) < 4.78 is 10.8. The fourth-order valence-electron chi connectivity index (χ4n) is 3.19. The molecule has 0 aliphatic carbocycles. The fraction of sp³-hybridized carbons (Fsp3) is 0.421. The van der Waals surface area contributed by atoms with Gasteiger partial charge in [-0.15, -0.1) is 0 Å². The Morgan fingerprint density at radius 1 is 1.33 bits per heavy atom. The molecular weight excluding hydrogens is 306 g/mol. The lowest BCUT2D eigenvalue weighted by Crippen LogP contribution is -2.36. The minimum absolute atomic E-state index is 0.0814. The van der Waals surface area contributed by atoms with Crippen molar-refractivity contribution in [2.24, 2.45) is 0 Å². The smallest absolute Gasteiger partial charge is 0.414 e. The molecule has 2 aromatic rings. The molecule has 0 unspecified atom stereocenters. The van der Waals surface area contributed by atoms with Crippen LogP contribution in [0.2, 0.25) is 0 Å². The molecule has 24 heavy (non-hydrogen) atoms. The maximum atomic E-state index is 12.6. The first-order valence-corrected chi connectivity index (χ1v) is 8.06. The molecule has 0 spiro atoms. The second kappa shape index (κ2) is 5.98. The highest BCUT2D eigenvalue weighted by Crippen LogP contribution is 2.46. The maximum absolute atomic E-state index is 12.6. The number of anilines is 1. The van der Waals surface area contributed by atoms with Crippen LogP contribution in [0.25, 0.3) is 10.8 Å². The summed E-state index contributed by atoms with van der Waals surface area (Å²) in [5.41, 5.74) is 0.874. The zero-order valence-electron chi connectivity index (χ0n) is 14.5. The van der Waals surface area contributed by atoms with E-state index in [-0.39, 0.29) is 11.7 Å². The minimum atomic E-state index is -0.574. The Morgan fingerprint density at radius 2 is 2.04 bits per heavy atom. The van der Waals surface area contributed by atoms with Crippen molar-refractivity contribution in [1.29, 1.82) is 0 Å². The Kier molecular flexibility index (Phi) is 4.13. The maximum Gasteiger partial charge on any atom is 0.414 e. The van der Waals surface area contributed by atoms with Crippen LogP contribution in [0.5, 0.6) is 5.75 Å². The lowest BCUT2D eigenvalue weighted by molar-refractivity contribution is 0.0579. The quantitative estimate of drug-likeness (QED) is 0.903. The third-order valence-corrected chi connectivity index (χ3v) is 4.12. The largest absolute Gasteiger partial charge is 0.507 e. The topological polar surface area (TPSA) is 59.0 Å². The first-order chi connectivity index (χ1) is 11.3. The molecule has 1 aliphatic rings. The molecule has 0 radical (unpaired) electrons. The van der Waals surface area contributed by atoms with Gasteiger partial charge in [-0.25, -0.2) is 4.79 Å². The van der Waals surface area contributed by atoms with Gasteiger partial charge in [-0.3, -0.25) is 4.90 Å². The number of amides is 1. The molecule has 5 heteroatoms. The van der Waals surface area contributed by atoms with E-state index >= 15 is 0 Å². The van der Waals surface area contributed by atoms with Crippen LogP contribution in [0.15, 0.2) is 30.3 Å². The molecule has 1 atom stereocenters. The van der Waals surface area contributed by atoms with Crippen molar-refractivity contribution in [3.8, 4) is 5.75 Å². The Hall–Kier alpha value is -2.27. The van der Waals surface area contributed by atoms with Gasteiger partial charge < -0.3 is 14.6 Å². The molecule has 0 saturated heterocycles. The molecule has 1 N–H and O–H groups in total. The highest BCUT2D eigenvalue weighted by Gasteiger charge is 2.37. The average Bonchev–Trinajstić information content (AvgIpc) is 2.85. The summed E-state index contributed by atoms with van der Waals surface area (Å²) in [7, 11) is 1.62. The Labute approximate surface area is 141 Å². The molecule has 1 heterocycles. The number of rotatable bonds is 2. The number of carbonyl (C=O) groups is 1. The third-order valence-electron chi connectivity index (χ3n) is 4.12. The van der Waals surface area contributed by atoms with E-state index in [1.165, 1.54) is 0 Å². The number of methoxy groups -OCH3 is 1. The van der Waals surface area contributed by atoms with Gasteiger partial charge in [0.15, 0.2) is 0 Å². The van der Waals surface area contributed by atoms with Crippen LogP contribution in [-0.4, -0.2) is 37.1 Å². The standard InChI is InChI=1S/C19H23NO4/c1-19(2,3)24-18(22)20-10-13(11-23-4)16-15(20)9-12-7-5-6-8-14(12)17(16)21/h5-9,13,21H,10-11H2,1-4H3/t13-/m0/s1. The van der Waals surface area contributed by atoms with Gasteiger partial charge in [-0.1, -0.05) is 24.3 Å². The normalized spacial score (nSPS) is 17.2. The summed E-state index contributed by atoms with van der Waals surface area (Å²) in [4.78, 5) is 14.2. The van der Waals surface area contributed by atoms with Crippen molar-refractivity contribution < 1.29 is 19.4 Å². The molecule has 5 nitrogen and oxygen atoms in total. The first-order valence-electron chi connectivity index (χ1n) is 8.06. The van der Waals surface area contributed by atoms with Crippen molar-refractivity contribution in [3.63, 3.8) is 0 Å². The lowest BCUT2D eigenvalue weighted by Gasteiger charge is -2.25. The molecule has 128 valence electrons. The van der Waals surface area contributed by atoms with Crippen molar-refractivity contribution in [1.82, 2.24) is 0 Å². The Morgan fingerprint density at radius 3 is 2.71 bits per heavy atom. The summed E-state index contributed by atoms with van der Waals surface area (Å²) in [5, 5.41) is 12.4. The number of ether oxygens (including phenoxy) is 2. The van der Waals surface area contributed by atoms with Gasteiger partial charge in [0, 0.05) is 30.5 Å². The van der Waals surface area contributed by atoms with Crippen LogP contribution in [0, 0.1) is 0 Å². The molecule has 0 saturated carbocycles. The molecule has 0 fully saturated rings. The fourth-order valence-corrected chi connectivity index (χ4v) is 3.19. The number of fused-ring (bicyclic) bond motifs is 2. The second-order valence-corrected chi connectivity index (χ2v) is 7.12. The van der Waals surface area contributed by atoms with E-state index in [1.807, 2.05) is 51.1 Å². The highest BCUT2D eigenvalue weighted by atomic mass is 16.6. The lowest BCUT2D eigenvalue weighted by atomic mass is 9.97. The summed E-state index contributed by atoms with van der Waals surface area (Å²) in [5.74, 6) is 0.137.